The zero-order chi connectivity index (χ0) is 22.4. The van der Waals surface area contributed by atoms with E-state index in [-0.39, 0.29) is 10.4 Å². The van der Waals surface area contributed by atoms with Crippen molar-refractivity contribution in [3.63, 3.8) is 0 Å². The number of hydrogen-bond donors (Lipinski definition) is 2. The maximum atomic E-state index is 14.6. The smallest absolute Gasteiger partial charge is 0.266 e. The largest absolute Gasteiger partial charge is 0.360 e. The Morgan fingerprint density at radius 3 is 2.78 bits per heavy atom. The molecular weight excluding hydrogens is 454 g/mol. The van der Waals surface area contributed by atoms with Gasteiger partial charge in [-0.3, -0.25) is 9.36 Å². The van der Waals surface area contributed by atoms with Gasteiger partial charge in [0.2, 0.25) is 0 Å². The van der Waals surface area contributed by atoms with Gasteiger partial charge in [0.1, 0.15) is 17.7 Å². The van der Waals surface area contributed by atoms with E-state index >= 15 is 0 Å². The van der Waals surface area contributed by atoms with Gasteiger partial charge in [0, 0.05) is 10.7 Å². The molecule has 0 saturated heterocycles. The van der Waals surface area contributed by atoms with Crippen LogP contribution in [0.4, 0.5) is 10.2 Å². The summed E-state index contributed by atoms with van der Waals surface area (Å²) < 4.78 is 16.0. The van der Waals surface area contributed by atoms with E-state index < -0.39 is 17.4 Å². The molecule has 5 rings (SSSR count). The van der Waals surface area contributed by atoms with E-state index in [0.717, 1.165) is 0 Å². The number of benzene rings is 2. The highest BCUT2D eigenvalue weighted by molar-refractivity contribution is 6.35. The number of rotatable bonds is 4. The Morgan fingerprint density at radius 2 is 1.97 bits per heavy atom. The molecule has 32 heavy (non-hydrogen) atoms. The third-order valence-electron chi connectivity index (χ3n) is 5.19. The van der Waals surface area contributed by atoms with Crippen LogP contribution in [-0.4, -0.2) is 24.5 Å². The van der Waals surface area contributed by atoms with Crippen molar-refractivity contribution < 1.29 is 4.39 Å². The van der Waals surface area contributed by atoms with Gasteiger partial charge >= 0.3 is 0 Å². The molecule has 2 N–H and O–H groups in total. The van der Waals surface area contributed by atoms with Crippen LogP contribution in [0.3, 0.4) is 0 Å². The van der Waals surface area contributed by atoms with Crippen LogP contribution in [0.5, 0.6) is 0 Å². The number of pyridine rings is 1. The second-order valence-electron chi connectivity index (χ2n) is 7.20. The fourth-order valence-corrected chi connectivity index (χ4v) is 4.22. The lowest BCUT2D eigenvalue weighted by Gasteiger charge is -2.22. The minimum absolute atomic E-state index is 0.0209. The number of imidazole rings is 1. The van der Waals surface area contributed by atoms with Crippen LogP contribution in [0, 0.1) is 5.82 Å². The number of fused-ring (bicyclic) bond motifs is 2. The number of anilines is 1. The number of aromatic amines is 1. The molecular formula is C22H15Cl2FN6O. The van der Waals surface area contributed by atoms with Crippen molar-refractivity contribution in [1.82, 2.24) is 24.5 Å². The summed E-state index contributed by atoms with van der Waals surface area (Å²) in [7, 11) is 0. The minimum Gasteiger partial charge on any atom is -0.360 e. The Labute approximate surface area is 190 Å². The van der Waals surface area contributed by atoms with Gasteiger partial charge in [-0.15, -0.1) is 0 Å². The molecule has 0 aliphatic heterocycles. The molecule has 5 aromatic rings. The maximum absolute atomic E-state index is 14.6. The molecule has 3 aromatic heterocycles. The molecule has 2 aromatic carbocycles. The average Bonchev–Trinajstić information content (AvgIpc) is 3.24. The lowest BCUT2D eigenvalue weighted by Crippen LogP contribution is -2.26. The number of nitrogens with zero attached hydrogens (tertiary/aromatic N) is 4. The van der Waals surface area contributed by atoms with E-state index in [1.807, 2.05) is 6.92 Å². The predicted octanol–water partition coefficient (Wildman–Crippen LogP) is 5.28. The zero-order valence-corrected chi connectivity index (χ0v) is 18.1. The first-order valence-electron chi connectivity index (χ1n) is 9.64. The summed E-state index contributed by atoms with van der Waals surface area (Å²) in [6, 6.07) is 10.6. The van der Waals surface area contributed by atoms with Crippen LogP contribution in [0.2, 0.25) is 10.0 Å². The van der Waals surface area contributed by atoms with E-state index in [1.54, 1.807) is 30.3 Å². The Kier molecular flexibility index (Phi) is 5.03. The van der Waals surface area contributed by atoms with Crippen molar-refractivity contribution in [3.8, 4) is 5.69 Å². The van der Waals surface area contributed by atoms with Gasteiger partial charge in [0.25, 0.3) is 5.56 Å². The third kappa shape index (κ3) is 3.37. The van der Waals surface area contributed by atoms with Crippen molar-refractivity contribution in [2.24, 2.45) is 0 Å². The highest BCUT2D eigenvalue weighted by atomic mass is 35.5. The van der Waals surface area contributed by atoms with Crippen LogP contribution in [0.25, 0.3) is 27.6 Å². The second-order valence-corrected chi connectivity index (χ2v) is 8.04. The Balaban J connectivity index is 1.74. The molecule has 0 saturated carbocycles. The van der Waals surface area contributed by atoms with E-state index in [0.29, 0.717) is 38.8 Å². The highest BCUT2D eigenvalue weighted by Crippen LogP contribution is 2.30. The monoisotopic (exact) mass is 468 g/mol. The normalized spacial score (nSPS) is 12.4. The molecule has 0 fully saturated rings. The molecule has 0 radical (unpaired) electrons. The van der Waals surface area contributed by atoms with Gasteiger partial charge in [-0.1, -0.05) is 35.3 Å². The topological polar surface area (TPSA) is 88.5 Å². The van der Waals surface area contributed by atoms with E-state index in [1.165, 1.54) is 29.4 Å². The molecule has 3 heterocycles. The van der Waals surface area contributed by atoms with Crippen LogP contribution in [-0.2, 0) is 0 Å². The minimum atomic E-state index is -0.603. The summed E-state index contributed by atoms with van der Waals surface area (Å²) in [6.07, 6.45) is 2.93. The number of H-pyrrole nitrogens is 1. The predicted molar refractivity (Wildman–Crippen MR) is 123 cm³/mol. The molecule has 10 heteroatoms. The Bertz CT molecular complexity index is 1550. The van der Waals surface area contributed by atoms with Crippen molar-refractivity contribution in [2.45, 2.75) is 13.0 Å². The molecule has 0 unspecified atom stereocenters. The van der Waals surface area contributed by atoms with E-state index in [2.05, 4.69) is 25.3 Å². The Morgan fingerprint density at radius 1 is 1.12 bits per heavy atom. The molecule has 0 amide bonds. The van der Waals surface area contributed by atoms with Gasteiger partial charge < -0.3 is 10.3 Å². The summed E-state index contributed by atoms with van der Waals surface area (Å²) in [5, 5.41) is 4.44. The number of nitrogens with one attached hydrogen (secondary N) is 2. The van der Waals surface area contributed by atoms with E-state index in [4.69, 9.17) is 23.2 Å². The summed E-state index contributed by atoms with van der Waals surface area (Å²) in [6.45, 7) is 1.87. The van der Waals surface area contributed by atoms with Crippen molar-refractivity contribution in [1.29, 1.82) is 0 Å². The molecule has 160 valence electrons. The van der Waals surface area contributed by atoms with Crippen LogP contribution in [0.1, 0.15) is 18.7 Å². The van der Waals surface area contributed by atoms with Crippen LogP contribution < -0.4 is 10.9 Å². The van der Waals surface area contributed by atoms with Crippen molar-refractivity contribution in [2.75, 3.05) is 5.32 Å². The number of halogens is 3. The van der Waals surface area contributed by atoms with Gasteiger partial charge in [-0.05, 0) is 42.6 Å². The van der Waals surface area contributed by atoms with Crippen molar-refractivity contribution in [3.05, 3.63) is 87.0 Å². The fraction of sp³-hybridized carbons (Fsp3) is 0.0909. The lowest BCUT2D eigenvalue weighted by molar-refractivity contribution is 0.637. The van der Waals surface area contributed by atoms with Gasteiger partial charge in [-0.25, -0.2) is 19.3 Å². The number of aromatic nitrogens is 5. The third-order valence-corrected chi connectivity index (χ3v) is 5.73. The lowest BCUT2D eigenvalue weighted by atomic mass is 10.1. The molecule has 0 aliphatic rings. The molecule has 7 nitrogen and oxygen atoms in total. The average molecular weight is 469 g/mol. The summed E-state index contributed by atoms with van der Waals surface area (Å²) >= 11 is 12.5. The molecule has 1 atom stereocenters. The second kappa shape index (κ2) is 7.89. The van der Waals surface area contributed by atoms with Gasteiger partial charge in [0.15, 0.2) is 11.5 Å². The Hall–Kier alpha value is -3.49. The summed E-state index contributed by atoms with van der Waals surface area (Å²) in [4.78, 5) is 29.0. The van der Waals surface area contributed by atoms with Gasteiger partial charge in [-0.2, -0.15) is 0 Å². The first-order chi connectivity index (χ1) is 15.4. The quantitative estimate of drug-likeness (QED) is 0.374. The highest BCUT2D eigenvalue weighted by Gasteiger charge is 2.21. The van der Waals surface area contributed by atoms with Crippen LogP contribution in [0.15, 0.2) is 59.9 Å². The first kappa shape index (κ1) is 20.4. The summed E-state index contributed by atoms with van der Waals surface area (Å²) in [5.74, 6) is -0.0889. The molecule has 0 aliphatic carbocycles. The summed E-state index contributed by atoms with van der Waals surface area (Å²) in [5.41, 5.74) is 1.56. The first-order valence-corrected chi connectivity index (χ1v) is 10.4. The fourth-order valence-electron chi connectivity index (χ4n) is 3.72. The van der Waals surface area contributed by atoms with Crippen molar-refractivity contribution >= 4 is 51.0 Å². The van der Waals surface area contributed by atoms with Crippen LogP contribution >= 0.6 is 23.2 Å². The molecule has 0 spiro atoms. The standard InChI is InChI=1S/C22H15Cl2FN6O/c1-11(30-21-19-20(27-9-26-19)28-10-29-21)17-7-12-3-2-4-15(25)18(12)22(32)31(17)16-6-5-13(23)8-14(16)24/h2-11H,1H3,(H2,26,27,28,29,30)/t11-/m1/s1. The number of hydrogen-bond acceptors (Lipinski definition) is 5. The molecule has 0 bridgehead atoms. The zero-order valence-electron chi connectivity index (χ0n) is 16.6. The van der Waals surface area contributed by atoms with Gasteiger partial charge in [0.05, 0.1) is 28.5 Å². The van der Waals surface area contributed by atoms with E-state index in [9.17, 15) is 9.18 Å². The maximum Gasteiger partial charge on any atom is 0.266 e. The SMILES string of the molecule is C[C@@H](Nc1ncnc2nc[nH]c12)c1cc2cccc(F)c2c(=O)n1-c1ccc(Cl)cc1Cl.